The standard InChI is InChI=1S/C13H17NO4/c1-18-10-2-3-11(12(16)8-10)13(17)14-6-4-9(15)5-7-14/h2-3,8-9,15-16H,4-7H2,1H3. The number of piperidine rings is 1. The highest BCUT2D eigenvalue weighted by Gasteiger charge is 2.24. The lowest BCUT2D eigenvalue weighted by atomic mass is 10.1. The molecule has 1 heterocycles. The molecule has 0 atom stereocenters. The van der Waals surface area contributed by atoms with Crippen molar-refractivity contribution in [3.63, 3.8) is 0 Å². The molecule has 0 aliphatic carbocycles. The lowest BCUT2D eigenvalue weighted by Gasteiger charge is -2.29. The highest BCUT2D eigenvalue weighted by Crippen LogP contribution is 2.25. The monoisotopic (exact) mass is 251 g/mol. The fourth-order valence-electron chi connectivity index (χ4n) is 2.06. The van der Waals surface area contributed by atoms with Gasteiger partial charge in [-0.25, -0.2) is 0 Å². The zero-order valence-corrected chi connectivity index (χ0v) is 10.3. The summed E-state index contributed by atoms with van der Waals surface area (Å²) in [5, 5.41) is 19.2. The third kappa shape index (κ3) is 2.56. The number of amides is 1. The van der Waals surface area contributed by atoms with Crippen LogP contribution in [0.4, 0.5) is 0 Å². The van der Waals surface area contributed by atoms with Crippen molar-refractivity contribution < 1.29 is 19.7 Å². The first-order valence-electron chi connectivity index (χ1n) is 5.96. The number of hydrogen-bond donors (Lipinski definition) is 2. The van der Waals surface area contributed by atoms with Gasteiger partial charge in [0.25, 0.3) is 5.91 Å². The number of hydrogen-bond acceptors (Lipinski definition) is 4. The van der Waals surface area contributed by atoms with E-state index < -0.39 is 0 Å². The fraction of sp³-hybridized carbons (Fsp3) is 0.462. The molecule has 1 saturated heterocycles. The quantitative estimate of drug-likeness (QED) is 0.822. The lowest BCUT2D eigenvalue weighted by molar-refractivity contribution is 0.0544. The van der Waals surface area contributed by atoms with Gasteiger partial charge in [0.1, 0.15) is 11.5 Å². The number of rotatable bonds is 2. The van der Waals surface area contributed by atoms with E-state index in [-0.39, 0.29) is 23.3 Å². The molecule has 2 rings (SSSR count). The van der Waals surface area contributed by atoms with Gasteiger partial charge in [-0.2, -0.15) is 0 Å². The number of ether oxygens (including phenoxy) is 1. The SMILES string of the molecule is COc1ccc(C(=O)N2CCC(O)CC2)c(O)c1. The van der Waals surface area contributed by atoms with Gasteiger partial charge in [0.15, 0.2) is 0 Å². The van der Waals surface area contributed by atoms with E-state index in [1.54, 1.807) is 17.0 Å². The zero-order chi connectivity index (χ0) is 13.1. The Morgan fingerprint density at radius 3 is 2.61 bits per heavy atom. The predicted molar refractivity (Wildman–Crippen MR) is 65.8 cm³/mol. The summed E-state index contributed by atoms with van der Waals surface area (Å²) in [6, 6.07) is 4.62. The minimum atomic E-state index is -0.321. The molecule has 1 aromatic carbocycles. The number of nitrogens with zero attached hydrogens (tertiary/aromatic N) is 1. The molecule has 0 spiro atoms. The van der Waals surface area contributed by atoms with Gasteiger partial charge in [0.2, 0.25) is 0 Å². The number of aromatic hydroxyl groups is 1. The van der Waals surface area contributed by atoms with E-state index in [1.807, 2.05) is 0 Å². The summed E-state index contributed by atoms with van der Waals surface area (Å²) in [7, 11) is 1.50. The van der Waals surface area contributed by atoms with Crippen LogP contribution in [0.3, 0.4) is 0 Å². The molecule has 1 aliphatic heterocycles. The molecule has 0 unspecified atom stereocenters. The average molecular weight is 251 g/mol. The van der Waals surface area contributed by atoms with Crippen LogP contribution >= 0.6 is 0 Å². The third-order valence-electron chi connectivity index (χ3n) is 3.19. The van der Waals surface area contributed by atoms with Crippen molar-refractivity contribution in [2.24, 2.45) is 0 Å². The lowest BCUT2D eigenvalue weighted by Crippen LogP contribution is -2.40. The molecule has 2 N–H and O–H groups in total. The van der Waals surface area contributed by atoms with Gasteiger partial charge < -0.3 is 19.8 Å². The van der Waals surface area contributed by atoms with E-state index in [4.69, 9.17) is 4.74 Å². The molecule has 1 aromatic rings. The Labute approximate surface area is 106 Å². The molecule has 1 amide bonds. The summed E-state index contributed by atoms with van der Waals surface area (Å²) in [5.41, 5.74) is 0.271. The molecular formula is C13H17NO4. The molecule has 0 radical (unpaired) electrons. The number of carbonyl (C=O) groups is 1. The van der Waals surface area contributed by atoms with Gasteiger partial charge >= 0.3 is 0 Å². The summed E-state index contributed by atoms with van der Waals surface area (Å²) in [5.74, 6) is 0.227. The number of aliphatic hydroxyl groups excluding tert-OH is 1. The Morgan fingerprint density at radius 2 is 2.06 bits per heavy atom. The van der Waals surface area contributed by atoms with Crippen LogP contribution in [0.15, 0.2) is 18.2 Å². The predicted octanol–water partition coefficient (Wildman–Crippen LogP) is 0.998. The van der Waals surface area contributed by atoms with Crippen LogP contribution in [0.1, 0.15) is 23.2 Å². The Bertz CT molecular complexity index is 439. The minimum absolute atomic E-state index is 0.0783. The van der Waals surface area contributed by atoms with Gasteiger partial charge in [0.05, 0.1) is 18.8 Å². The highest BCUT2D eigenvalue weighted by atomic mass is 16.5. The molecule has 1 aliphatic rings. The van der Waals surface area contributed by atoms with Gasteiger partial charge in [-0.1, -0.05) is 0 Å². The van der Waals surface area contributed by atoms with E-state index in [1.165, 1.54) is 13.2 Å². The number of aliphatic hydroxyl groups is 1. The Morgan fingerprint density at radius 1 is 1.39 bits per heavy atom. The maximum atomic E-state index is 12.2. The Kier molecular flexibility index (Phi) is 3.72. The van der Waals surface area contributed by atoms with E-state index >= 15 is 0 Å². The molecular weight excluding hydrogens is 234 g/mol. The van der Waals surface area contributed by atoms with Crippen LogP contribution in [-0.2, 0) is 0 Å². The van der Waals surface area contributed by atoms with E-state index in [2.05, 4.69) is 0 Å². The van der Waals surface area contributed by atoms with E-state index in [0.29, 0.717) is 31.7 Å². The minimum Gasteiger partial charge on any atom is -0.507 e. The summed E-state index contributed by atoms with van der Waals surface area (Å²) >= 11 is 0. The van der Waals surface area contributed by atoms with Crippen molar-refractivity contribution >= 4 is 5.91 Å². The second kappa shape index (κ2) is 5.27. The molecule has 0 bridgehead atoms. The van der Waals surface area contributed by atoms with Crippen LogP contribution in [-0.4, -0.2) is 47.3 Å². The highest BCUT2D eigenvalue weighted by molar-refractivity contribution is 5.97. The second-order valence-corrected chi connectivity index (χ2v) is 4.41. The van der Waals surface area contributed by atoms with Crippen molar-refractivity contribution in [1.82, 2.24) is 4.90 Å². The number of methoxy groups -OCH3 is 1. The number of phenolic OH excluding ortho intramolecular Hbond substituents is 1. The smallest absolute Gasteiger partial charge is 0.257 e. The van der Waals surface area contributed by atoms with Crippen LogP contribution in [0.25, 0.3) is 0 Å². The third-order valence-corrected chi connectivity index (χ3v) is 3.19. The molecule has 0 saturated carbocycles. The molecule has 1 fully saturated rings. The van der Waals surface area contributed by atoms with E-state index in [0.717, 1.165) is 0 Å². The summed E-state index contributed by atoms with van der Waals surface area (Å²) in [4.78, 5) is 13.8. The molecule has 98 valence electrons. The molecule has 5 nitrogen and oxygen atoms in total. The molecule has 5 heteroatoms. The number of phenols is 1. The first-order chi connectivity index (χ1) is 8.61. The normalized spacial score (nSPS) is 16.7. The van der Waals surface area contributed by atoms with E-state index in [9.17, 15) is 15.0 Å². The van der Waals surface area contributed by atoms with Crippen LogP contribution in [0.5, 0.6) is 11.5 Å². The van der Waals surface area contributed by atoms with Crippen molar-refractivity contribution in [1.29, 1.82) is 0 Å². The first kappa shape index (κ1) is 12.7. The largest absolute Gasteiger partial charge is 0.507 e. The Balaban J connectivity index is 2.13. The number of benzene rings is 1. The summed E-state index contributed by atoms with van der Waals surface area (Å²) < 4.78 is 4.97. The Hall–Kier alpha value is -1.75. The van der Waals surface area contributed by atoms with Gasteiger partial charge in [-0.3, -0.25) is 4.79 Å². The number of carbonyl (C=O) groups excluding carboxylic acids is 1. The van der Waals surface area contributed by atoms with Crippen LogP contribution < -0.4 is 4.74 Å². The first-order valence-corrected chi connectivity index (χ1v) is 5.96. The summed E-state index contributed by atoms with van der Waals surface area (Å²) in [6.45, 7) is 1.04. The topological polar surface area (TPSA) is 70.0 Å². The van der Waals surface area contributed by atoms with Crippen molar-refractivity contribution in [3.05, 3.63) is 23.8 Å². The van der Waals surface area contributed by atoms with Crippen LogP contribution in [0, 0.1) is 0 Å². The maximum absolute atomic E-state index is 12.2. The molecule has 18 heavy (non-hydrogen) atoms. The zero-order valence-electron chi connectivity index (χ0n) is 10.3. The van der Waals surface area contributed by atoms with Crippen molar-refractivity contribution in [3.8, 4) is 11.5 Å². The number of likely N-dealkylation sites (tertiary alicyclic amines) is 1. The van der Waals surface area contributed by atoms with Crippen LogP contribution in [0.2, 0.25) is 0 Å². The van der Waals surface area contributed by atoms with Crippen molar-refractivity contribution in [2.45, 2.75) is 18.9 Å². The van der Waals surface area contributed by atoms with Gasteiger partial charge in [-0.15, -0.1) is 0 Å². The van der Waals surface area contributed by atoms with Gasteiger partial charge in [0, 0.05) is 19.2 Å². The summed E-state index contributed by atoms with van der Waals surface area (Å²) in [6.07, 6.45) is 0.851. The molecule has 0 aromatic heterocycles. The fourth-order valence-corrected chi connectivity index (χ4v) is 2.06. The second-order valence-electron chi connectivity index (χ2n) is 4.41. The maximum Gasteiger partial charge on any atom is 0.257 e. The van der Waals surface area contributed by atoms with Gasteiger partial charge in [-0.05, 0) is 25.0 Å². The van der Waals surface area contributed by atoms with Crippen molar-refractivity contribution in [2.75, 3.05) is 20.2 Å². The average Bonchev–Trinajstić information content (AvgIpc) is 2.38.